The quantitative estimate of drug-likeness (QED) is 0.887. The Kier molecular flexibility index (Phi) is 3.94. The number of likely N-dealkylation sites (N-methyl/N-ethyl adjacent to an activating group) is 1. The highest BCUT2D eigenvalue weighted by molar-refractivity contribution is 5.85. The van der Waals surface area contributed by atoms with Crippen LogP contribution in [0.4, 0.5) is 0 Å². The molecule has 2 aliphatic rings. The maximum atomic E-state index is 5.77. The van der Waals surface area contributed by atoms with Crippen molar-refractivity contribution < 1.29 is 4.74 Å². The van der Waals surface area contributed by atoms with Crippen molar-refractivity contribution in [2.24, 2.45) is 0 Å². The maximum Gasteiger partial charge on any atom is 0.131 e. The van der Waals surface area contributed by atoms with Gasteiger partial charge in [-0.2, -0.15) is 0 Å². The molecule has 0 saturated carbocycles. The van der Waals surface area contributed by atoms with Gasteiger partial charge in [-0.1, -0.05) is 24.3 Å². The van der Waals surface area contributed by atoms with Crippen LogP contribution in [0, 0.1) is 0 Å². The van der Waals surface area contributed by atoms with Crippen LogP contribution >= 0.6 is 12.4 Å². The topological polar surface area (TPSA) is 24.5 Å². The van der Waals surface area contributed by atoms with E-state index in [1.54, 1.807) is 0 Å². The van der Waals surface area contributed by atoms with E-state index in [0.29, 0.717) is 0 Å². The van der Waals surface area contributed by atoms with E-state index in [0.717, 1.165) is 25.4 Å². The number of halogens is 1. The first-order valence-electron chi connectivity index (χ1n) is 5.92. The van der Waals surface area contributed by atoms with Gasteiger partial charge in [0, 0.05) is 25.2 Å². The number of benzene rings is 1. The van der Waals surface area contributed by atoms with Crippen molar-refractivity contribution in [3.8, 4) is 5.75 Å². The molecule has 1 aromatic rings. The highest BCUT2D eigenvalue weighted by atomic mass is 35.5. The average Bonchev–Trinajstić information content (AvgIpc) is 2.62. The first-order chi connectivity index (χ1) is 8.38. The van der Waals surface area contributed by atoms with E-state index in [2.05, 4.69) is 28.4 Å². The lowest BCUT2D eigenvalue weighted by atomic mass is 10.2. The second-order valence-electron chi connectivity index (χ2n) is 4.37. The minimum Gasteiger partial charge on any atom is -0.462 e. The van der Waals surface area contributed by atoms with Crippen molar-refractivity contribution in [1.82, 2.24) is 10.2 Å². The van der Waals surface area contributed by atoms with Crippen molar-refractivity contribution >= 4 is 12.4 Å². The zero-order valence-corrected chi connectivity index (χ0v) is 11.2. The maximum absolute atomic E-state index is 5.77. The van der Waals surface area contributed by atoms with Crippen molar-refractivity contribution in [2.45, 2.75) is 6.54 Å². The molecule has 0 spiro atoms. The summed E-state index contributed by atoms with van der Waals surface area (Å²) in [6.07, 6.45) is 4.14. The molecule has 3 nitrogen and oxygen atoms in total. The summed E-state index contributed by atoms with van der Waals surface area (Å²) >= 11 is 0. The Hall–Kier alpha value is -1.45. The van der Waals surface area contributed by atoms with E-state index in [9.17, 15) is 0 Å². The van der Waals surface area contributed by atoms with Crippen molar-refractivity contribution in [3.63, 3.8) is 0 Å². The highest BCUT2D eigenvalue weighted by Gasteiger charge is 2.23. The molecule has 0 radical (unpaired) electrons. The van der Waals surface area contributed by atoms with Gasteiger partial charge in [0.15, 0.2) is 0 Å². The van der Waals surface area contributed by atoms with Gasteiger partial charge in [0.25, 0.3) is 0 Å². The number of rotatable bonds is 2. The molecule has 3 rings (SSSR count). The van der Waals surface area contributed by atoms with E-state index in [4.69, 9.17) is 4.74 Å². The van der Waals surface area contributed by atoms with Gasteiger partial charge in [-0.25, -0.2) is 0 Å². The van der Waals surface area contributed by atoms with E-state index in [1.807, 2.05) is 25.4 Å². The number of fused-ring (bicyclic) bond motifs is 2. The normalized spacial score (nSPS) is 16.6. The number of ether oxygens (including phenoxy) is 1. The zero-order valence-electron chi connectivity index (χ0n) is 10.3. The molecule has 1 aromatic carbocycles. The smallest absolute Gasteiger partial charge is 0.131 e. The molecule has 0 amide bonds. The first kappa shape index (κ1) is 13.0. The fraction of sp³-hybridized carbons (Fsp3) is 0.286. The Morgan fingerprint density at radius 1 is 1.33 bits per heavy atom. The molecule has 0 aliphatic carbocycles. The lowest BCUT2D eigenvalue weighted by molar-refractivity contribution is 0.395. The Balaban J connectivity index is 0.00000120. The van der Waals surface area contributed by atoms with Gasteiger partial charge >= 0.3 is 0 Å². The Bertz CT molecular complexity index is 496. The standard InChI is InChI=1S/C14H16N2O.ClH/c1-15-8-11-6-7-16-9-12-4-2-3-5-14(12)17-10-13(11)16;/h2-6,10,15H,7-9H2,1H3;1H. The van der Waals surface area contributed by atoms with E-state index in [1.165, 1.54) is 16.8 Å². The fourth-order valence-corrected chi connectivity index (χ4v) is 2.35. The van der Waals surface area contributed by atoms with Crippen LogP contribution in [-0.4, -0.2) is 25.0 Å². The number of hydrogen-bond acceptors (Lipinski definition) is 3. The number of nitrogens with one attached hydrogen (secondary N) is 1. The third kappa shape index (κ3) is 2.24. The van der Waals surface area contributed by atoms with Crippen molar-refractivity contribution in [2.75, 3.05) is 20.1 Å². The molecule has 0 atom stereocenters. The summed E-state index contributed by atoms with van der Waals surface area (Å²) in [7, 11) is 1.97. The first-order valence-corrected chi connectivity index (χ1v) is 5.92. The summed E-state index contributed by atoms with van der Waals surface area (Å²) in [6, 6.07) is 8.22. The van der Waals surface area contributed by atoms with E-state index < -0.39 is 0 Å². The van der Waals surface area contributed by atoms with E-state index >= 15 is 0 Å². The Morgan fingerprint density at radius 2 is 2.17 bits per heavy atom. The van der Waals surface area contributed by atoms with E-state index in [-0.39, 0.29) is 12.4 Å². The monoisotopic (exact) mass is 264 g/mol. The molecule has 18 heavy (non-hydrogen) atoms. The van der Waals surface area contributed by atoms with Gasteiger partial charge in [-0.3, -0.25) is 0 Å². The third-order valence-electron chi connectivity index (χ3n) is 3.23. The largest absolute Gasteiger partial charge is 0.462 e. The zero-order chi connectivity index (χ0) is 11.7. The van der Waals surface area contributed by atoms with Crippen LogP contribution in [0.2, 0.25) is 0 Å². The molecule has 0 aromatic heterocycles. The average molecular weight is 265 g/mol. The molecule has 2 heterocycles. The van der Waals surface area contributed by atoms with Crippen LogP contribution in [0.1, 0.15) is 5.56 Å². The van der Waals surface area contributed by atoms with Gasteiger partial charge in [0.1, 0.15) is 12.0 Å². The molecule has 4 heteroatoms. The van der Waals surface area contributed by atoms with Crippen LogP contribution in [0.5, 0.6) is 5.75 Å². The van der Waals surface area contributed by atoms with Crippen molar-refractivity contribution in [3.05, 3.63) is 53.4 Å². The minimum absolute atomic E-state index is 0. The van der Waals surface area contributed by atoms with Crippen molar-refractivity contribution in [1.29, 1.82) is 0 Å². The van der Waals surface area contributed by atoms with Crippen LogP contribution in [-0.2, 0) is 6.54 Å². The summed E-state index contributed by atoms with van der Waals surface area (Å²) in [5.41, 5.74) is 3.77. The van der Waals surface area contributed by atoms with Crippen LogP contribution < -0.4 is 10.1 Å². The predicted octanol–water partition coefficient (Wildman–Crippen LogP) is 2.30. The molecular weight excluding hydrogens is 248 g/mol. The molecule has 0 saturated heterocycles. The summed E-state index contributed by atoms with van der Waals surface area (Å²) in [6.45, 7) is 2.79. The Morgan fingerprint density at radius 3 is 3.00 bits per heavy atom. The van der Waals surface area contributed by atoms with Crippen LogP contribution in [0.3, 0.4) is 0 Å². The van der Waals surface area contributed by atoms with Gasteiger partial charge in [0.05, 0.1) is 5.70 Å². The molecule has 0 bridgehead atoms. The van der Waals surface area contributed by atoms with Crippen LogP contribution in [0.15, 0.2) is 47.9 Å². The fourth-order valence-electron chi connectivity index (χ4n) is 2.35. The molecule has 1 N–H and O–H groups in total. The van der Waals surface area contributed by atoms with Crippen LogP contribution in [0.25, 0.3) is 0 Å². The van der Waals surface area contributed by atoms with Gasteiger partial charge in [-0.05, 0) is 18.7 Å². The van der Waals surface area contributed by atoms with Gasteiger partial charge in [-0.15, -0.1) is 12.4 Å². The summed E-state index contributed by atoms with van der Waals surface area (Å²) in [4.78, 5) is 2.35. The SMILES string of the molecule is CNCC1=CCN2Cc3ccccc3OC=C12.Cl. The number of nitrogens with zero attached hydrogens (tertiary/aromatic N) is 1. The van der Waals surface area contributed by atoms with Gasteiger partial charge in [0.2, 0.25) is 0 Å². The Labute approximate surface area is 114 Å². The minimum atomic E-state index is 0. The lowest BCUT2D eigenvalue weighted by Gasteiger charge is -2.19. The second kappa shape index (κ2) is 5.46. The third-order valence-corrected chi connectivity index (χ3v) is 3.23. The number of hydrogen-bond donors (Lipinski definition) is 1. The number of para-hydroxylation sites is 1. The molecule has 2 aliphatic heterocycles. The molecule has 0 fully saturated rings. The van der Waals surface area contributed by atoms with Gasteiger partial charge < -0.3 is 15.0 Å². The summed E-state index contributed by atoms with van der Waals surface area (Å²) in [5.74, 6) is 0.971. The second-order valence-corrected chi connectivity index (χ2v) is 4.37. The molecule has 96 valence electrons. The molecule has 0 unspecified atom stereocenters. The molecular formula is C14H17ClN2O. The highest BCUT2D eigenvalue weighted by Crippen LogP contribution is 2.31. The lowest BCUT2D eigenvalue weighted by Crippen LogP contribution is -2.20. The summed E-state index contributed by atoms with van der Waals surface area (Å²) in [5, 5.41) is 3.19. The predicted molar refractivity (Wildman–Crippen MR) is 74.8 cm³/mol. The summed E-state index contributed by atoms with van der Waals surface area (Å²) < 4.78 is 5.77.